The van der Waals surface area contributed by atoms with Crippen molar-refractivity contribution in [3.8, 4) is 0 Å². The standard InChI is InChI=1S/C16H23N3O3/c20-12-13-11-14(19(21)22)1-2-15(13)18-9-5-16(6-10-18)3-7-17-8-4-16/h1-2,11,17,20H,3-10,12H2. The third kappa shape index (κ3) is 2.94. The molecule has 1 aromatic rings. The molecule has 0 saturated carbocycles. The molecule has 1 aromatic carbocycles. The zero-order valence-corrected chi connectivity index (χ0v) is 12.8. The summed E-state index contributed by atoms with van der Waals surface area (Å²) in [5.41, 5.74) is 2.11. The number of nitrogens with one attached hydrogen (secondary N) is 1. The number of aliphatic hydroxyl groups excluding tert-OH is 1. The molecule has 2 fully saturated rings. The maximum absolute atomic E-state index is 10.9. The van der Waals surface area contributed by atoms with Gasteiger partial charge in [0.25, 0.3) is 5.69 Å². The van der Waals surface area contributed by atoms with Gasteiger partial charge in [0, 0.05) is 36.5 Å². The number of benzene rings is 1. The highest BCUT2D eigenvalue weighted by Gasteiger charge is 2.35. The minimum Gasteiger partial charge on any atom is -0.392 e. The second-order valence-electron chi connectivity index (χ2n) is 6.47. The van der Waals surface area contributed by atoms with Crippen molar-refractivity contribution < 1.29 is 10.0 Å². The highest BCUT2D eigenvalue weighted by molar-refractivity contribution is 5.58. The molecule has 2 aliphatic rings. The van der Waals surface area contributed by atoms with E-state index in [4.69, 9.17) is 0 Å². The monoisotopic (exact) mass is 305 g/mol. The van der Waals surface area contributed by atoms with Crippen molar-refractivity contribution in [2.75, 3.05) is 31.1 Å². The van der Waals surface area contributed by atoms with Crippen LogP contribution in [0.4, 0.5) is 11.4 Å². The van der Waals surface area contributed by atoms with Crippen LogP contribution >= 0.6 is 0 Å². The number of nitrogens with zero attached hydrogens (tertiary/aromatic N) is 2. The Morgan fingerprint density at radius 3 is 2.50 bits per heavy atom. The summed E-state index contributed by atoms with van der Waals surface area (Å²) in [6, 6.07) is 4.80. The van der Waals surface area contributed by atoms with Gasteiger partial charge in [0.1, 0.15) is 0 Å². The summed E-state index contributed by atoms with van der Waals surface area (Å²) in [5.74, 6) is 0. The van der Waals surface area contributed by atoms with Crippen molar-refractivity contribution in [1.29, 1.82) is 0 Å². The van der Waals surface area contributed by atoms with Crippen molar-refractivity contribution in [2.24, 2.45) is 5.41 Å². The first-order valence-electron chi connectivity index (χ1n) is 7.97. The number of anilines is 1. The number of aliphatic hydroxyl groups is 1. The van der Waals surface area contributed by atoms with Gasteiger partial charge < -0.3 is 15.3 Å². The minimum atomic E-state index is -0.414. The Balaban J connectivity index is 1.74. The Bertz CT molecular complexity index is 546. The van der Waals surface area contributed by atoms with Gasteiger partial charge >= 0.3 is 0 Å². The van der Waals surface area contributed by atoms with Crippen molar-refractivity contribution in [3.05, 3.63) is 33.9 Å². The lowest BCUT2D eigenvalue weighted by Gasteiger charge is -2.45. The summed E-state index contributed by atoms with van der Waals surface area (Å²) in [4.78, 5) is 12.7. The molecule has 0 unspecified atom stereocenters. The van der Waals surface area contributed by atoms with E-state index in [0.717, 1.165) is 44.7 Å². The molecular formula is C16H23N3O3. The lowest BCUT2D eigenvalue weighted by atomic mass is 9.71. The van der Waals surface area contributed by atoms with Gasteiger partial charge in [-0.2, -0.15) is 0 Å². The molecule has 1 spiro atoms. The first-order chi connectivity index (χ1) is 10.6. The highest BCUT2D eigenvalue weighted by Crippen LogP contribution is 2.41. The maximum atomic E-state index is 10.9. The van der Waals surface area contributed by atoms with E-state index in [0.29, 0.717) is 11.0 Å². The quantitative estimate of drug-likeness (QED) is 0.660. The van der Waals surface area contributed by atoms with E-state index >= 15 is 0 Å². The lowest BCUT2D eigenvalue weighted by Crippen LogP contribution is -2.45. The molecule has 2 saturated heterocycles. The van der Waals surface area contributed by atoms with E-state index in [9.17, 15) is 15.2 Å². The van der Waals surface area contributed by atoms with Crippen molar-refractivity contribution in [2.45, 2.75) is 32.3 Å². The topological polar surface area (TPSA) is 78.6 Å². The van der Waals surface area contributed by atoms with Crippen LogP contribution in [-0.4, -0.2) is 36.2 Å². The van der Waals surface area contributed by atoms with E-state index in [1.54, 1.807) is 6.07 Å². The number of hydrogen-bond acceptors (Lipinski definition) is 5. The molecule has 6 nitrogen and oxygen atoms in total. The second kappa shape index (κ2) is 6.22. The third-order valence-electron chi connectivity index (χ3n) is 5.27. The average molecular weight is 305 g/mol. The van der Waals surface area contributed by atoms with Gasteiger partial charge in [-0.1, -0.05) is 0 Å². The summed E-state index contributed by atoms with van der Waals surface area (Å²) in [5, 5.41) is 23.8. The van der Waals surface area contributed by atoms with Crippen LogP contribution in [0.25, 0.3) is 0 Å². The van der Waals surface area contributed by atoms with E-state index in [1.165, 1.54) is 25.0 Å². The van der Waals surface area contributed by atoms with E-state index in [-0.39, 0.29) is 12.3 Å². The highest BCUT2D eigenvalue weighted by atomic mass is 16.6. The van der Waals surface area contributed by atoms with Crippen LogP contribution in [0.1, 0.15) is 31.2 Å². The summed E-state index contributed by atoms with van der Waals surface area (Å²) in [6.45, 7) is 3.98. The zero-order valence-electron chi connectivity index (χ0n) is 12.8. The van der Waals surface area contributed by atoms with Crippen LogP contribution < -0.4 is 10.2 Å². The number of rotatable bonds is 3. The summed E-state index contributed by atoms with van der Waals surface area (Å²) >= 11 is 0. The van der Waals surface area contributed by atoms with Crippen LogP contribution in [0.2, 0.25) is 0 Å². The van der Waals surface area contributed by atoms with Crippen LogP contribution in [0.15, 0.2) is 18.2 Å². The molecule has 0 atom stereocenters. The Morgan fingerprint density at radius 2 is 1.91 bits per heavy atom. The normalized spacial score (nSPS) is 21.0. The maximum Gasteiger partial charge on any atom is 0.269 e. The lowest BCUT2D eigenvalue weighted by molar-refractivity contribution is -0.384. The van der Waals surface area contributed by atoms with Gasteiger partial charge in [-0.3, -0.25) is 10.1 Å². The predicted octanol–water partition coefficient (Wildman–Crippen LogP) is 2.06. The molecule has 0 aliphatic carbocycles. The molecule has 0 amide bonds. The van der Waals surface area contributed by atoms with Crippen LogP contribution in [0, 0.1) is 15.5 Å². The Labute approximate surface area is 130 Å². The molecule has 0 aromatic heterocycles. The molecule has 2 N–H and O–H groups in total. The summed E-state index contributed by atoms with van der Waals surface area (Å²) < 4.78 is 0. The molecular weight excluding hydrogens is 282 g/mol. The van der Waals surface area contributed by atoms with Crippen molar-refractivity contribution in [3.63, 3.8) is 0 Å². The molecule has 0 bridgehead atoms. The molecule has 3 rings (SSSR count). The van der Waals surface area contributed by atoms with Gasteiger partial charge in [-0.25, -0.2) is 0 Å². The largest absolute Gasteiger partial charge is 0.392 e. The van der Waals surface area contributed by atoms with Gasteiger partial charge in [-0.05, 0) is 50.3 Å². The fraction of sp³-hybridized carbons (Fsp3) is 0.625. The molecule has 2 aliphatic heterocycles. The third-order valence-corrected chi connectivity index (χ3v) is 5.27. The SMILES string of the molecule is O=[N+]([O-])c1ccc(N2CCC3(CCNCC3)CC2)c(CO)c1. The number of hydrogen-bond donors (Lipinski definition) is 2. The first-order valence-corrected chi connectivity index (χ1v) is 7.97. The Kier molecular flexibility index (Phi) is 4.31. The Hall–Kier alpha value is -1.66. The summed E-state index contributed by atoms with van der Waals surface area (Å²) in [7, 11) is 0. The van der Waals surface area contributed by atoms with E-state index in [1.807, 2.05) is 0 Å². The predicted molar refractivity (Wildman–Crippen MR) is 85.0 cm³/mol. The molecule has 120 valence electrons. The number of piperidine rings is 2. The first kappa shape index (κ1) is 15.2. The molecule has 22 heavy (non-hydrogen) atoms. The molecule has 6 heteroatoms. The zero-order chi connectivity index (χ0) is 15.6. The number of nitro groups is 1. The number of non-ortho nitro benzene ring substituents is 1. The Morgan fingerprint density at radius 1 is 1.23 bits per heavy atom. The van der Waals surface area contributed by atoms with Crippen LogP contribution in [-0.2, 0) is 6.61 Å². The van der Waals surface area contributed by atoms with Crippen LogP contribution in [0.3, 0.4) is 0 Å². The second-order valence-corrected chi connectivity index (χ2v) is 6.47. The van der Waals surface area contributed by atoms with Gasteiger partial charge in [0.15, 0.2) is 0 Å². The fourth-order valence-corrected chi connectivity index (χ4v) is 3.80. The average Bonchev–Trinajstić information content (AvgIpc) is 2.56. The molecule has 0 radical (unpaired) electrons. The minimum absolute atomic E-state index is 0.0413. The summed E-state index contributed by atoms with van der Waals surface area (Å²) in [6.07, 6.45) is 4.81. The van der Waals surface area contributed by atoms with E-state index < -0.39 is 4.92 Å². The van der Waals surface area contributed by atoms with Crippen LogP contribution in [0.5, 0.6) is 0 Å². The van der Waals surface area contributed by atoms with Crippen molar-refractivity contribution >= 4 is 11.4 Å². The smallest absolute Gasteiger partial charge is 0.269 e. The van der Waals surface area contributed by atoms with Crippen molar-refractivity contribution in [1.82, 2.24) is 5.32 Å². The fourth-order valence-electron chi connectivity index (χ4n) is 3.80. The van der Waals surface area contributed by atoms with Gasteiger partial charge in [0.2, 0.25) is 0 Å². The van der Waals surface area contributed by atoms with E-state index in [2.05, 4.69) is 10.2 Å². The van der Waals surface area contributed by atoms with Gasteiger partial charge in [-0.15, -0.1) is 0 Å². The molecule has 2 heterocycles. The van der Waals surface area contributed by atoms with Gasteiger partial charge in [0.05, 0.1) is 11.5 Å². The number of nitro benzene ring substituents is 1.